The molecular weight excluding hydrogens is 373 g/mol. The van der Waals surface area contributed by atoms with Crippen LogP contribution in [0.2, 0.25) is 0 Å². The Labute approximate surface area is 162 Å². The van der Waals surface area contributed by atoms with Gasteiger partial charge in [0.15, 0.2) is 5.69 Å². The van der Waals surface area contributed by atoms with E-state index in [-0.39, 0.29) is 41.3 Å². The number of hydrogen-bond acceptors (Lipinski definition) is 5. The van der Waals surface area contributed by atoms with Crippen LogP contribution in [0.25, 0.3) is 0 Å². The summed E-state index contributed by atoms with van der Waals surface area (Å²) in [6, 6.07) is 0. The third-order valence-corrected chi connectivity index (χ3v) is 6.45. The van der Waals surface area contributed by atoms with E-state index in [0.29, 0.717) is 18.5 Å². The summed E-state index contributed by atoms with van der Waals surface area (Å²) in [6.45, 7) is 6.22. The molecule has 2 heterocycles. The van der Waals surface area contributed by atoms with Crippen LogP contribution in [-0.2, 0) is 33.3 Å². The molecule has 4 atom stereocenters. The van der Waals surface area contributed by atoms with Crippen LogP contribution in [0.4, 0.5) is 13.2 Å². The number of ether oxygens (including phenoxy) is 2. The monoisotopic (exact) mass is 398 g/mol. The smallest absolute Gasteiger partial charge is 0.433 e. The van der Waals surface area contributed by atoms with E-state index in [1.807, 2.05) is 13.8 Å². The van der Waals surface area contributed by atoms with Gasteiger partial charge in [-0.25, -0.2) is 9.97 Å². The van der Waals surface area contributed by atoms with Gasteiger partial charge in [-0.3, -0.25) is 4.79 Å². The Balaban J connectivity index is 1.51. The molecule has 1 aliphatic heterocycles. The van der Waals surface area contributed by atoms with Gasteiger partial charge in [0.2, 0.25) is 0 Å². The predicted octanol–water partition coefficient (Wildman–Crippen LogP) is 3.66. The quantitative estimate of drug-likeness (QED) is 0.712. The lowest BCUT2D eigenvalue weighted by Gasteiger charge is -2.58. The van der Waals surface area contributed by atoms with Crippen molar-refractivity contribution in [2.75, 3.05) is 6.61 Å². The van der Waals surface area contributed by atoms with Crippen LogP contribution in [0.15, 0.2) is 0 Å². The second-order valence-electron chi connectivity index (χ2n) is 8.76. The third-order valence-electron chi connectivity index (χ3n) is 6.45. The molecule has 0 N–H and O–H groups in total. The molecule has 0 radical (unpaired) electrons. The van der Waals surface area contributed by atoms with E-state index in [4.69, 9.17) is 9.47 Å². The van der Waals surface area contributed by atoms with E-state index in [0.717, 1.165) is 19.4 Å². The lowest BCUT2D eigenvalue weighted by atomic mass is 9.56. The maximum atomic E-state index is 13.4. The summed E-state index contributed by atoms with van der Waals surface area (Å²) in [5.74, 6) is -0.729. The van der Waals surface area contributed by atoms with Crippen LogP contribution in [0.3, 0.4) is 0 Å². The first-order valence-corrected chi connectivity index (χ1v) is 9.84. The molecule has 0 amide bonds. The van der Waals surface area contributed by atoms with Crippen LogP contribution in [0.1, 0.15) is 55.9 Å². The van der Waals surface area contributed by atoms with Crippen molar-refractivity contribution >= 4 is 5.97 Å². The fourth-order valence-corrected chi connectivity index (χ4v) is 5.11. The number of aryl methyl sites for hydroxylation is 2. The van der Waals surface area contributed by atoms with Gasteiger partial charge in [-0.15, -0.1) is 0 Å². The minimum absolute atomic E-state index is 0.0268. The van der Waals surface area contributed by atoms with Crippen molar-refractivity contribution in [2.45, 2.75) is 71.3 Å². The van der Waals surface area contributed by atoms with Gasteiger partial charge in [0.1, 0.15) is 11.9 Å². The molecule has 4 rings (SSSR count). The minimum Gasteiger partial charge on any atom is -0.461 e. The van der Waals surface area contributed by atoms with E-state index in [1.54, 1.807) is 0 Å². The zero-order valence-electron chi connectivity index (χ0n) is 16.3. The Bertz CT molecular complexity index is 794. The summed E-state index contributed by atoms with van der Waals surface area (Å²) >= 11 is 0. The molecule has 8 heteroatoms. The standard InChI is InChI=1S/C20H25F3N2O3/c1-10-24-14-7-6-11(9-13(14)15(25-10)20(21,22)23)18(26)28-17-12-5-4-8-27-16(12)19(17,2)3/h11-12,16-17H,4-9H2,1-3H3/t11-,12+,16+,17-/m1/s1. The maximum Gasteiger partial charge on any atom is 0.433 e. The number of halogens is 3. The second kappa shape index (κ2) is 6.68. The van der Waals surface area contributed by atoms with E-state index < -0.39 is 23.8 Å². The number of carbonyl (C=O) groups is 1. The minimum atomic E-state index is -4.56. The SMILES string of the molecule is Cc1nc2c(c(C(F)(F)F)n1)C[C@H](C(=O)O[C@@H]1[C@H]3CCCO[C@@H]3C1(C)C)CC2. The fourth-order valence-electron chi connectivity index (χ4n) is 5.11. The summed E-state index contributed by atoms with van der Waals surface area (Å²) < 4.78 is 51.9. The Kier molecular flexibility index (Phi) is 4.68. The molecule has 1 saturated carbocycles. The first-order valence-electron chi connectivity index (χ1n) is 9.84. The Morgan fingerprint density at radius 1 is 1.25 bits per heavy atom. The summed E-state index contributed by atoms with van der Waals surface area (Å²) in [4.78, 5) is 20.6. The molecule has 0 aromatic carbocycles. The van der Waals surface area contributed by atoms with Crippen LogP contribution in [0, 0.1) is 24.2 Å². The predicted molar refractivity (Wildman–Crippen MR) is 93.4 cm³/mol. The Morgan fingerprint density at radius 2 is 2.00 bits per heavy atom. The number of hydrogen-bond donors (Lipinski definition) is 0. The highest BCUT2D eigenvalue weighted by Crippen LogP contribution is 2.53. The van der Waals surface area contributed by atoms with Crippen molar-refractivity contribution in [3.63, 3.8) is 0 Å². The number of rotatable bonds is 2. The summed E-state index contributed by atoms with van der Waals surface area (Å²) in [5, 5.41) is 0. The topological polar surface area (TPSA) is 61.3 Å². The molecule has 0 unspecified atom stereocenters. The normalized spacial score (nSPS) is 31.4. The number of alkyl halides is 3. The van der Waals surface area contributed by atoms with Crippen LogP contribution < -0.4 is 0 Å². The van der Waals surface area contributed by atoms with Crippen molar-refractivity contribution in [3.8, 4) is 0 Å². The molecule has 0 bridgehead atoms. The van der Waals surface area contributed by atoms with Gasteiger partial charge >= 0.3 is 12.1 Å². The van der Waals surface area contributed by atoms with Gasteiger partial charge < -0.3 is 9.47 Å². The average Bonchev–Trinajstić information content (AvgIpc) is 2.64. The van der Waals surface area contributed by atoms with Gasteiger partial charge in [0.05, 0.1) is 12.0 Å². The van der Waals surface area contributed by atoms with E-state index in [9.17, 15) is 18.0 Å². The molecule has 3 aliphatic rings. The Hall–Kier alpha value is -1.70. The number of carbonyl (C=O) groups excluding carboxylic acids is 1. The van der Waals surface area contributed by atoms with Crippen molar-refractivity contribution in [2.24, 2.45) is 17.3 Å². The van der Waals surface area contributed by atoms with Crippen molar-refractivity contribution in [1.29, 1.82) is 0 Å². The van der Waals surface area contributed by atoms with Crippen LogP contribution in [-0.4, -0.2) is 34.8 Å². The molecule has 1 saturated heterocycles. The third kappa shape index (κ3) is 3.19. The van der Waals surface area contributed by atoms with Gasteiger partial charge in [0, 0.05) is 29.2 Å². The number of esters is 1. The summed E-state index contributed by atoms with van der Waals surface area (Å²) in [6.07, 6.45) is -2.10. The van der Waals surface area contributed by atoms with Crippen molar-refractivity contribution in [1.82, 2.24) is 9.97 Å². The van der Waals surface area contributed by atoms with Gasteiger partial charge in [0.25, 0.3) is 0 Å². The molecule has 0 spiro atoms. The molecule has 2 fully saturated rings. The first kappa shape index (κ1) is 19.6. The Morgan fingerprint density at radius 3 is 2.71 bits per heavy atom. The largest absolute Gasteiger partial charge is 0.461 e. The lowest BCUT2D eigenvalue weighted by Crippen LogP contribution is -2.65. The van der Waals surface area contributed by atoms with Crippen LogP contribution in [0.5, 0.6) is 0 Å². The molecule has 5 nitrogen and oxygen atoms in total. The van der Waals surface area contributed by atoms with Gasteiger partial charge in [-0.05, 0) is 39.0 Å². The highest BCUT2D eigenvalue weighted by Gasteiger charge is 2.60. The van der Waals surface area contributed by atoms with E-state index >= 15 is 0 Å². The number of aromatic nitrogens is 2. The van der Waals surface area contributed by atoms with Gasteiger partial charge in [-0.2, -0.15) is 13.2 Å². The van der Waals surface area contributed by atoms with Crippen molar-refractivity contribution in [3.05, 3.63) is 22.8 Å². The molecular formula is C20H25F3N2O3. The maximum absolute atomic E-state index is 13.4. The van der Waals surface area contributed by atoms with E-state index in [1.165, 1.54) is 6.92 Å². The van der Waals surface area contributed by atoms with E-state index in [2.05, 4.69) is 9.97 Å². The van der Waals surface area contributed by atoms with Crippen molar-refractivity contribution < 1.29 is 27.4 Å². The summed E-state index contributed by atoms with van der Waals surface area (Å²) in [7, 11) is 0. The highest BCUT2D eigenvalue weighted by atomic mass is 19.4. The number of nitrogens with zero attached hydrogens (tertiary/aromatic N) is 2. The molecule has 2 aliphatic carbocycles. The molecule has 154 valence electrons. The zero-order valence-corrected chi connectivity index (χ0v) is 16.3. The lowest BCUT2D eigenvalue weighted by molar-refractivity contribution is -0.256. The molecule has 1 aromatic heterocycles. The first-order chi connectivity index (χ1) is 13.1. The fraction of sp³-hybridized carbons (Fsp3) is 0.750. The van der Waals surface area contributed by atoms with Crippen LogP contribution >= 0.6 is 0 Å². The average molecular weight is 398 g/mol. The van der Waals surface area contributed by atoms with Gasteiger partial charge in [-0.1, -0.05) is 13.8 Å². The summed E-state index contributed by atoms with van der Waals surface area (Å²) in [5.41, 5.74) is -0.756. The molecule has 1 aromatic rings. The molecule has 28 heavy (non-hydrogen) atoms. The zero-order chi connectivity index (χ0) is 20.3. The number of fused-ring (bicyclic) bond motifs is 2. The second-order valence-corrected chi connectivity index (χ2v) is 8.76. The highest BCUT2D eigenvalue weighted by molar-refractivity contribution is 5.74.